The molecule has 1 aliphatic heterocycles. The Bertz CT molecular complexity index is 363. The van der Waals surface area contributed by atoms with E-state index in [0.717, 1.165) is 5.69 Å². The van der Waals surface area contributed by atoms with E-state index in [9.17, 15) is 9.90 Å². The fourth-order valence-corrected chi connectivity index (χ4v) is 1.30. The molecule has 1 aliphatic rings. The molecule has 0 saturated heterocycles. The molecule has 0 aliphatic carbocycles. The number of carbonyl (C=O) groups excluding carboxylic acids is 1. The number of hydrogen-bond donors (Lipinski definition) is 3. The lowest BCUT2D eigenvalue weighted by Crippen LogP contribution is -2.36. The van der Waals surface area contributed by atoms with Crippen LogP contribution in [0, 0.1) is 0 Å². The van der Waals surface area contributed by atoms with Crippen molar-refractivity contribution >= 4 is 17.3 Å². The molecule has 4 nitrogen and oxygen atoms in total. The average molecular weight is 178 g/mol. The SMILES string of the molecule is C[C@@H]1Nc2cc(O)ccc2NC1=O. The lowest BCUT2D eigenvalue weighted by molar-refractivity contribution is -0.116. The number of phenolic OH excluding ortho intramolecular Hbond substituents is 1. The summed E-state index contributed by atoms with van der Waals surface area (Å²) >= 11 is 0. The summed E-state index contributed by atoms with van der Waals surface area (Å²) in [6, 6.07) is 4.54. The molecule has 0 spiro atoms. The first-order valence-electron chi connectivity index (χ1n) is 4.07. The van der Waals surface area contributed by atoms with Crippen molar-refractivity contribution in [3.63, 3.8) is 0 Å². The third-order valence-electron chi connectivity index (χ3n) is 2.03. The van der Waals surface area contributed by atoms with Crippen LogP contribution in [-0.2, 0) is 4.79 Å². The zero-order valence-electron chi connectivity index (χ0n) is 7.16. The summed E-state index contributed by atoms with van der Waals surface area (Å²) in [4.78, 5) is 11.2. The van der Waals surface area contributed by atoms with E-state index in [1.165, 1.54) is 6.07 Å². The maximum absolute atomic E-state index is 11.2. The second kappa shape index (κ2) is 2.65. The number of benzene rings is 1. The van der Waals surface area contributed by atoms with E-state index in [1.807, 2.05) is 0 Å². The Hall–Kier alpha value is -1.71. The first-order valence-corrected chi connectivity index (χ1v) is 4.07. The van der Waals surface area contributed by atoms with Crippen LogP contribution in [0.4, 0.5) is 11.4 Å². The highest BCUT2D eigenvalue weighted by Crippen LogP contribution is 2.29. The van der Waals surface area contributed by atoms with E-state index in [2.05, 4.69) is 10.6 Å². The van der Waals surface area contributed by atoms with Gasteiger partial charge in [0.2, 0.25) is 5.91 Å². The quantitative estimate of drug-likeness (QED) is 0.522. The molecule has 3 N–H and O–H groups in total. The van der Waals surface area contributed by atoms with Gasteiger partial charge < -0.3 is 15.7 Å². The monoisotopic (exact) mass is 178 g/mol. The van der Waals surface area contributed by atoms with Gasteiger partial charge in [-0.25, -0.2) is 0 Å². The van der Waals surface area contributed by atoms with Crippen LogP contribution in [0.5, 0.6) is 5.75 Å². The molecule has 0 aromatic heterocycles. The number of rotatable bonds is 0. The van der Waals surface area contributed by atoms with Crippen LogP contribution in [0.1, 0.15) is 6.92 Å². The standard InChI is InChI=1S/C9H10N2O2/c1-5-9(13)11-7-3-2-6(12)4-8(7)10-5/h2-5,10,12H,1H3,(H,11,13)/t5-/m0/s1. The van der Waals surface area contributed by atoms with Crippen molar-refractivity contribution in [3.8, 4) is 5.75 Å². The summed E-state index contributed by atoms with van der Waals surface area (Å²) in [5.41, 5.74) is 1.47. The summed E-state index contributed by atoms with van der Waals surface area (Å²) < 4.78 is 0. The van der Waals surface area contributed by atoms with Gasteiger partial charge in [0.15, 0.2) is 0 Å². The van der Waals surface area contributed by atoms with Crippen LogP contribution < -0.4 is 10.6 Å². The van der Waals surface area contributed by atoms with Crippen molar-refractivity contribution in [1.29, 1.82) is 0 Å². The number of amides is 1. The molecule has 0 radical (unpaired) electrons. The molecule has 2 rings (SSSR count). The molecule has 0 fully saturated rings. The summed E-state index contributed by atoms with van der Waals surface area (Å²) in [5, 5.41) is 14.9. The molecule has 4 heteroatoms. The number of aromatic hydroxyl groups is 1. The summed E-state index contributed by atoms with van der Waals surface area (Å²) in [7, 11) is 0. The van der Waals surface area contributed by atoms with Gasteiger partial charge in [0, 0.05) is 6.07 Å². The molecule has 0 bridgehead atoms. The van der Waals surface area contributed by atoms with E-state index in [4.69, 9.17) is 0 Å². The Morgan fingerprint density at radius 1 is 1.38 bits per heavy atom. The van der Waals surface area contributed by atoms with Gasteiger partial charge in [0.25, 0.3) is 0 Å². The summed E-state index contributed by atoms with van der Waals surface area (Å²) in [6.45, 7) is 1.77. The van der Waals surface area contributed by atoms with Gasteiger partial charge in [0.05, 0.1) is 11.4 Å². The van der Waals surface area contributed by atoms with Crippen LogP contribution in [0.25, 0.3) is 0 Å². The number of hydrogen-bond acceptors (Lipinski definition) is 3. The smallest absolute Gasteiger partial charge is 0.246 e. The van der Waals surface area contributed by atoms with Gasteiger partial charge in [-0.3, -0.25) is 4.79 Å². The molecule has 1 heterocycles. The van der Waals surface area contributed by atoms with E-state index in [-0.39, 0.29) is 17.7 Å². The second-order valence-electron chi connectivity index (χ2n) is 3.09. The van der Waals surface area contributed by atoms with Crippen LogP contribution in [0.3, 0.4) is 0 Å². The summed E-state index contributed by atoms with van der Waals surface area (Å²) in [5.74, 6) is 0.132. The number of nitrogens with one attached hydrogen (secondary N) is 2. The molecule has 1 aromatic rings. The predicted octanol–water partition coefficient (Wildman–Crippen LogP) is 1.14. The van der Waals surface area contributed by atoms with Gasteiger partial charge in [-0.05, 0) is 19.1 Å². The second-order valence-corrected chi connectivity index (χ2v) is 3.09. The third-order valence-corrected chi connectivity index (χ3v) is 2.03. The largest absolute Gasteiger partial charge is 0.508 e. The minimum atomic E-state index is -0.255. The maximum atomic E-state index is 11.2. The van der Waals surface area contributed by atoms with Crippen molar-refractivity contribution in [2.45, 2.75) is 13.0 Å². The number of anilines is 2. The van der Waals surface area contributed by atoms with Gasteiger partial charge in [0.1, 0.15) is 11.8 Å². The normalized spacial score (nSPS) is 20.1. The van der Waals surface area contributed by atoms with Crippen LogP contribution in [0.2, 0.25) is 0 Å². The third kappa shape index (κ3) is 1.30. The minimum Gasteiger partial charge on any atom is -0.508 e. The molecular weight excluding hydrogens is 168 g/mol. The molecule has 68 valence electrons. The fourth-order valence-electron chi connectivity index (χ4n) is 1.30. The Morgan fingerprint density at radius 2 is 2.15 bits per heavy atom. The number of phenols is 1. The topological polar surface area (TPSA) is 61.4 Å². The average Bonchev–Trinajstić information content (AvgIpc) is 2.08. The van der Waals surface area contributed by atoms with Crippen molar-refractivity contribution in [3.05, 3.63) is 18.2 Å². The first-order chi connectivity index (χ1) is 6.16. The highest BCUT2D eigenvalue weighted by atomic mass is 16.3. The minimum absolute atomic E-state index is 0.0572. The van der Waals surface area contributed by atoms with Gasteiger partial charge in [-0.2, -0.15) is 0 Å². The lowest BCUT2D eigenvalue weighted by Gasteiger charge is -2.23. The van der Waals surface area contributed by atoms with Crippen LogP contribution >= 0.6 is 0 Å². The predicted molar refractivity (Wildman–Crippen MR) is 49.8 cm³/mol. The van der Waals surface area contributed by atoms with Crippen LogP contribution in [-0.4, -0.2) is 17.1 Å². The zero-order chi connectivity index (χ0) is 9.42. The maximum Gasteiger partial charge on any atom is 0.246 e. The van der Waals surface area contributed by atoms with E-state index in [1.54, 1.807) is 19.1 Å². The van der Waals surface area contributed by atoms with Gasteiger partial charge in [-0.1, -0.05) is 0 Å². The van der Waals surface area contributed by atoms with Crippen molar-refractivity contribution in [2.75, 3.05) is 10.6 Å². The molecule has 13 heavy (non-hydrogen) atoms. The van der Waals surface area contributed by atoms with Gasteiger partial charge >= 0.3 is 0 Å². The summed E-state index contributed by atoms with van der Waals surface area (Å²) in [6.07, 6.45) is 0. The van der Waals surface area contributed by atoms with Crippen LogP contribution in [0.15, 0.2) is 18.2 Å². The van der Waals surface area contributed by atoms with Crippen molar-refractivity contribution in [2.24, 2.45) is 0 Å². The molecule has 0 unspecified atom stereocenters. The molecular formula is C9H10N2O2. The Balaban J connectivity index is 2.42. The highest BCUT2D eigenvalue weighted by Gasteiger charge is 2.20. The fraction of sp³-hybridized carbons (Fsp3) is 0.222. The molecule has 1 amide bonds. The van der Waals surface area contributed by atoms with Gasteiger partial charge in [-0.15, -0.1) is 0 Å². The first kappa shape index (κ1) is 7.91. The van der Waals surface area contributed by atoms with E-state index >= 15 is 0 Å². The van der Waals surface area contributed by atoms with E-state index in [0.29, 0.717) is 5.69 Å². The zero-order valence-corrected chi connectivity index (χ0v) is 7.16. The van der Waals surface area contributed by atoms with E-state index < -0.39 is 0 Å². The Kier molecular flexibility index (Phi) is 1.62. The highest BCUT2D eigenvalue weighted by molar-refractivity contribution is 6.02. The Morgan fingerprint density at radius 3 is 2.92 bits per heavy atom. The molecule has 0 saturated carbocycles. The number of carbonyl (C=O) groups is 1. The van der Waals surface area contributed by atoms with Crippen molar-refractivity contribution < 1.29 is 9.90 Å². The molecule has 1 atom stereocenters. The van der Waals surface area contributed by atoms with Crippen molar-refractivity contribution in [1.82, 2.24) is 0 Å². The Labute approximate surface area is 75.6 Å². The lowest BCUT2D eigenvalue weighted by atomic mass is 10.1. The molecule has 1 aromatic carbocycles. The number of fused-ring (bicyclic) bond motifs is 1.